The zero-order valence-electron chi connectivity index (χ0n) is 21.3. The second-order valence-corrected chi connectivity index (χ2v) is 10.8. The van der Waals surface area contributed by atoms with Crippen LogP contribution in [0.2, 0.25) is 0 Å². The molecule has 0 bridgehead atoms. The lowest BCUT2D eigenvalue weighted by atomic mass is 10.0. The van der Waals surface area contributed by atoms with Crippen molar-refractivity contribution in [2.45, 2.75) is 44.5 Å². The number of amides is 2. The van der Waals surface area contributed by atoms with Gasteiger partial charge in [-0.05, 0) is 35.2 Å². The van der Waals surface area contributed by atoms with E-state index in [-0.39, 0.29) is 23.3 Å². The average molecular weight is 599 g/mol. The normalized spacial score (nSPS) is 11.5. The zero-order chi connectivity index (χ0) is 27.3. The van der Waals surface area contributed by atoms with Crippen molar-refractivity contribution in [3.63, 3.8) is 0 Å². The third-order valence-electron chi connectivity index (χ3n) is 5.98. The number of non-ortho nitro benzene ring substituents is 1. The van der Waals surface area contributed by atoms with Gasteiger partial charge in [-0.1, -0.05) is 83.9 Å². The lowest BCUT2D eigenvalue weighted by Crippen LogP contribution is -2.51. The Labute approximate surface area is 236 Å². The highest BCUT2D eigenvalue weighted by atomic mass is 79.9. The minimum absolute atomic E-state index is 0.0351. The molecule has 0 saturated heterocycles. The summed E-state index contributed by atoms with van der Waals surface area (Å²) in [5.74, 6) is 0.411. The Morgan fingerprint density at radius 2 is 1.71 bits per heavy atom. The largest absolute Gasteiger partial charge is 0.354 e. The van der Waals surface area contributed by atoms with Gasteiger partial charge in [-0.3, -0.25) is 19.7 Å². The molecule has 200 valence electrons. The molecule has 38 heavy (non-hydrogen) atoms. The van der Waals surface area contributed by atoms with E-state index in [1.165, 1.54) is 23.9 Å². The second-order valence-electron chi connectivity index (χ2n) is 8.92. The smallest absolute Gasteiger partial charge is 0.269 e. The molecule has 1 atom stereocenters. The second kappa shape index (κ2) is 15.3. The van der Waals surface area contributed by atoms with Crippen LogP contribution in [0, 0.1) is 10.1 Å². The van der Waals surface area contributed by atoms with Crippen molar-refractivity contribution < 1.29 is 14.5 Å². The number of thioether (sulfide) groups is 1. The average Bonchev–Trinajstić information content (AvgIpc) is 2.91. The Morgan fingerprint density at radius 1 is 1.00 bits per heavy atom. The predicted molar refractivity (Wildman–Crippen MR) is 156 cm³/mol. The Hall–Kier alpha value is -3.17. The maximum absolute atomic E-state index is 13.7. The highest BCUT2D eigenvalue weighted by molar-refractivity contribution is 9.10. The fourth-order valence-corrected chi connectivity index (χ4v) is 5.26. The number of nitro groups is 1. The van der Waals surface area contributed by atoms with Crippen molar-refractivity contribution in [2.75, 3.05) is 12.3 Å². The number of halogens is 1. The molecule has 3 aromatic carbocycles. The van der Waals surface area contributed by atoms with Crippen LogP contribution in [0.5, 0.6) is 0 Å². The number of carbonyl (C=O) groups is 2. The van der Waals surface area contributed by atoms with Gasteiger partial charge >= 0.3 is 0 Å². The number of hydrogen-bond donors (Lipinski definition) is 1. The minimum atomic E-state index is -0.666. The van der Waals surface area contributed by atoms with Crippen molar-refractivity contribution in [3.05, 3.63) is 110 Å². The van der Waals surface area contributed by atoms with Gasteiger partial charge in [0.25, 0.3) is 5.69 Å². The van der Waals surface area contributed by atoms with E-state index in [1.54, 1.807) is 17.0 Å². The molecule has 3 aromatic rings. The van der Waals surface area contributed by atoms with E-state index in [2.05, 4.69) is 28.2 Å². The van der Waals surface area contributed by atoms with Gasteiger partial charge in [-0.25, -0.2) is 0 Å². The van der Waals surface area contributed by atoms with Gasteiger partial charge in [0, 0.05) is 41.9 Å². The Morgan fingerprint density at radius 3 is 2.37 bits per heavy atom. The summed E-state index contributed by atoms with van der Waals surface area (Å²) >= 11 is 4.93. The minimum Gasteiger partial charge on any atom is -0.354 e. The third kappa shape index (κ3) is 9.29. The Balaban J connectivity index is 1.80. The van der Waals surface area contributed by atoms with Crippen LogP contribution in [0.4, 0.5) is 5.69 Å². The first kappa shape index (κ1) is 29.4. The molecule has 3 rings (SSSR count). The number of hydrogen-bond acceptors (Lipinski definition) is 5. The number of carbonyl (C=O) groups excluding carboxylic acids is 2. The van der Waals surface area contributed by atoms with Crippen LogP contribution in [-0.2, 0) is 28.3 Å². The van der Waals surface area contributed by atoms with Crippen LogP contribution in [-0.4, -0.2) is 40.0 Å². The SMILES string of the molecule is CCCCNC(=O)[C@@H](Cc1ccccc1)N(Cc1cccc(Br)c1)C(=O)CSCc1ccc([N+](=O)[O-])cc1. The molecule has 0 aliphatic carbocycles. The van der Waals surface area contributed by atoms with Gasteiger partial charge < -0.3 is 10.2 Å². The molecule has 2 amide bonds. The summed E-state index contributed by atoms with van der Waals surface area (Å²) < 4.78 is 0.905. The number of nitrogens with one attached hydrogen (secondary N) is 1. The molecule has 9 heteroatoms. The molecule has 0 fully saturated rings. The predicted octanol–water partition coefficient (Wildman–Crippen LogP) is 6.15. The molecule has 0 aliphatic heterocycles. The van der Waals surface area contributed by atoms with Gasteiger partial charge in [0.1, 0.15) is 6.04 Å². The van der Waals surface area contributed by atoms with Crippen LogP contribution in [0.1, 0.15) is 36.5 Å². The van der Waals surface area contributed by atoms with Crippen molar-refractivity contribution >= 4 is 45.2 Å². The first-order valence-electron chi connectivity index (χ1n) is 12.5. The van der Waals surface area contributed by atoms with Gasteiger partial charge in [0.15, 0.2) is 0 Å². The fourth-order valence-electron chi connectivity index (χ4n) is 3.95. The topological polar surface area (TPSA) is 92.6 Å². The van der Waals surface area contributed by atoms with Gasteiger partial charge in [0.05, 0.1) is 10.7 Å². The standard InChI is InChI=1S/C29H32BrN3O4S/c1-2-3-16-31-29(35)27(18-22-8-5-4-6-9-22)32(19-24-10-7-11-25(30)17-24)28(34)21-38-20-23-12-14-26(15-13-23)33(36)37/h4-15,17,27H,2-3,16,18-21H2,1H3,(H,31,35)/t27-/m1/s1. The highest BCUT2D eigenvalue weighted by Crippen LogP contribution is 2.21. The van der Waals surface area contributed by atoms with Gasteiger partial charge in [0.2, 0.25) is 11.8 Å². The maximum atomic E-state index is 13.7. The van der Waals surface area contributed by atoms with Crippen LogP contribution in [0.15, 0.2) is 83.3 Å². The first-order valence-corrected chi connectivity index (χ1v) is 14.5. The van der Waals surface area contributed by atoms with Crippen molar-refractivity contribution in [2.24, 2.45) is 0 Å². The van der Waals surface area contributed by atoms with Crippen LogP contribution in [0.25, 0.3) is 0 Å². The Bertz CT molecular complexity index is 1210. The lowest BCUT2D eigenvalue weighted by molar-refractivity contribution is -0.384. The molecule has 1 N–H and O–H groups in total. The van der Waals surface area contributed by atoms with E-state index in [1.807, 2.05) is 54.6 Å². The van der Waals surface area contributed by atoms with Crippen molar-refractivity contribution in [1.82, 2.24) is 10.2 Å². The summed E-state index contributed by atoms with van der Waals surface area (Å²) in [6.07, 6.45) is 2.24. The van der Waals surface area contributed by atoms with Crippen LogP contribution < -0.4 is 5.32 Å². The molecule has 0 unspecified atom stereocenters. The number of nitro benzene ring substituents is 1. The fraction of sp³-hybridized carbons (Fsp3) is 0.310. The van der Waals surface area contributed by atoms with E-state index < -0.39 is 11.0 Å². The lowest BCUT2D eigenvalue weighted by Gasteiger charge is -2.31. The van der Waals surface area contributed by atoms with E-state index in [4.69, 9.17) is 0 Å². The number of unbranched alkanes of at least 4 members (excludes halogenated alkanes) is 1. The number of rotatable bonds is 14. The summed E-state index contributed by atoms with van der Waals surface area (Å²) in [7, 11) is 0. The molecule has 0 aliphatic rings. The molecular formula is C29H32BrN3O4S. The Kier molecular flexibility index (Phi) is 11.8. The van der Waals surface area contributed by atoms with Crippen molar-refractivity contribution in [3.8, 4) is 0 Å². The highest BCUT2D eigenvalue weighted by Gasteiger charge is 2.30. The molecule has 0 spiro atoms. The van der Waals surface area contributed by atoms with E-state index >= 15 is 0 Å². The number of nitrogens with zero attached hydrogens (tertiary/aromatic N) is 2. The van der Waals surface area contributed by atoms with Gasteiger partial charge in [-0.2, -0.15) is 0 Å². The van der Waals surface area contributed by atoms with Gasteiger partial charge in [-0.15, -0.1) is 11.8 Å². The molecule has 0 radical (unpaired) electrons. The first-order chi connectivity index (χ1) is 18.4. The summed E-state index contributed by atoms with van der Waals surface area (Å²) in [4.78, 5) is 39.2. The van der Waals surface area contributed by atoms with Crippen molar-refractivity contribution in [1.29, 1.82) is 0 Å². The zero-order valence-corrected chi connectivity index (χ0v) is 23.7. The summed E-state index contributed by atoms with van der Waals surface area (Å²) in [6, 6.07) is 23.2. The molecule has 0 saturated carbocycles. The quantitative estimate of drug-likeness (QED) is 0.137. The molecule has 7 nitrogen and oxygen atoms in total. The molecule has 0 heterocycles. The van der Waals surface area contributed by atoms with E-state index in [0.29, 0.717) is 25.3 Å². The monoisotopic (exact) mass is 597 g/mol. The summed E-state index contributed by atoms with van der Waals surface area (Å²) in [5, 5.41) is 13.9. The molecule has 0 aromatic heterocycles. The maximum Gasteiger partial charge on any atom is 0.269 e. The van der Waals surface area contributed by atoms with Crippen LogP contribution >= 0.6 is 27.7 Å². The molecular weight excluding hydrogens is 566 g/mol. The van der Waals surface area contributed by atoms with Crippen LogP contribution in [0.3, 0.4) is 0 Å². The summed E-state index contributed by atoms with van der Waals surface area (Å²) in [5.41, 5.74) is 2.83. The van der Waals surface area contributed by atoms with E-state index in [0.717, 1.165) is 34.0 Å². The summed E-state index contributed by atoms with van der Waals surface area (Å²) in [6.45, 7) is 2.93. The third-order valence-corrected chi connectivity index (χ3v) is 7.47. The number of benzene rings is 3. The van der Waals surface area contributed by atoms with E-state index in [9.17, 15) is 19.7 Å².